The molecule has 6 nitrogen and oxygen atoms in total. The molecule has 0 spiro atoms. The summed E-state index contributed by atoms with van der Waals surface area (Å²) in [6.45, 7) is 0. The van der Waals surface area contributed by atoms with Crippen LogP contribution in [-0.2, 0) is 0 Å². The molecule has 1 fully saturated rings. The topological polar surface area (TPSA) is 93.4 Å². The van der Waals surface area contributed by atoms with Crippen LogP contribution in [0.4, 0.5) is 16.4 Å². The van der Waals surface area contributed by atoms with Crippen LogP contribution in [0.15, 0.2) is 48.5 Å². The molecule has 1 aliphatic rings. The van der Waals surface area contributed by atoms with Crippen molar-refractivity contribution in [3.8, 4) is 5.75 Å². The lowest BCUT2D eigenvalue weighted by molar-refractivity contribution is 0.0953. The van der Waals surface area contributed by atoms with E-state index in [1.54, 1.807) is 55.6 Å². The van der Waals surface area contributed by atoms with Crippen LogP contribution in [0.5, 0.6) is 5.75 Å². The first kappa shape index (κ1) is 20.3. The average Bonchev–Trinajstić information content (AvgIpc) is 3.50. The van der Waals surface area contributed by atoms with Crippen LogP contribution >= 0.6 is 22.9 Å². The Morgan fingerprint density at radius 1 is 1.10 bits per heavy atom. The number of nitrogens with one attached hydrogen (secondary N) is 2. The van der Waals surface area contributed by atoms with Gasteiger partial charge in [0.25, 0.3) is 5.91 Å². The van der Waals surface area contributed by atoms with Crippen molar-refractivity contribution in [2.75, 3.05) is 18.2 Å². The van der Waals surface area contributed by atoms with Gasteiger partial charge in [-0.15, -0.1) is 11.3 Å². The predicted molar refractivity (Wildman–Crippen MR) is 120 cm³/mol. The molecule has 1 saturated carbocycles. The van der Waals surface area contributed by atoms with E-state index in [2.05, 4.69) is 10.6 Å². The molecule has 0 bridgehead atoms. The summed E-state index contributed by atoms with van der Waals surface area (Å²) in [4.78, 5) is 26.3. The highest BCUT2D eigenvalue weighted by atomic mass is 35.5. The van der Waals surface area contributed by atoms with Crippen molar-refractivity contribution in [1.29, 1.82) is 0 Å². The van der Waals surface area contributed by atoms with Crippen molar-refractivity contribution < 1.29 is 14.3 Å². The number of anilines is 3. The zero-order valence-corrected chi connectivity index (χ0v) is 17.8. The van der Waals surface area contributed by atoms with Gasteiger partial charge in [-0.3, -0.25) is 9.59 Å². The summed E-state index contributed by atoms with van der Waals surface area (Å²) in [7, 11) is 1.56. The summed E-state index contributed by atoms with van der Waals surface area (Å²) in [5.74, 6) is 0.126. The fourth-order valence-corrected chi connectivity index (χ4v) is 4.18. The predicted octanol–water partition coefficient (Wildman–Crippen LogP) is 4.86. The van der Waals surface area contributed by atoms with Crippen molar-refractivity contribution in [2.24, 2.45) is 0 Å². The van der Waals surface area contributed by atoms with E-state index in [0.29, 0.717) is 31.8 Å². The highest BCUT2D eigenvalue weighted by molar-refractivity contribution is 7.19. The number of carbonyl (C=O) groups excluding carboxylic acids is 2. The number of amides is 1. The molecule has 0 aliphatic heterocycles. The number of ether oxygens (including phenoxy) is 1. The van der Waals surface area contributed by atoms with E-state index < -0.39 is 0 Å². The Bertz CT molecular complexity index is 1090. The molecular weight excluding hydrogens is 422 g/mol. The number of benzene rings is 2. The molecule has 30 heavy (non-hydrogen) atoms. The molecule has 0 unspecified atom stereocenters. The zero-order chi connectivity index (χ0) is 21.3. The molecule has 154 valence electrons. The second-order valence-electron chi connectivity index (χ2n) is 6.99. The van der Waals surface area contributed by atoms with Crippen LogP contribution in [0.1, 0.15) is 38.4 Å². The molecule has 1 heterocycles. The van der Waals surface area contributed by atoms with Crippen LogP contribution in [0, 0.1) is 0 Å². The maximum Gasteiger partial charge on any atom is 0.256 e. The van der Waals surface area contributed by atoms with Gasteiger partial charge in [-0.25, -0.2) is 0 Å². The van der Waals surface area contributed by atoms with Crippen LogP contribution in [0.3, 0.4) is 0 Å². The molecule has 1 amide bonds. The van der Waals surface area contributed by atoms with Crippen molar-refractivity contribution >= 4 is 51.0 Å². The van der Waals surface area contributed by atoms with Crippen molar-refractivity contribution in [2.45, 2.75) is 18.9 Å². The quantitative estimate of drug-likeness (QED) is 0.455. The van der Waals surface area contributed by atoms with Crippen molar-refractivity contribution in [1.82, 2.24) is 5.32 Å². The van der Waals surface area contributed by atoms with E-state index in [-0.39, 0.29) is 23.4 Å². The number of nitrogen functional groups attached to an aromatic ring is 1. The minimum Gasteiger partial charge on any atom is -0.497 e. The van der Waals surface area contributed by atoms with Gasteiger partial charge in [0.1, 0.15) is 15.6 Å². The Morgan fingerprint density at radius 2 is 1.77 bits per heavy atom. The van der Waals surface area contributed by atoms with Gasteiger partial charge < -0.3 is 21.1 Å². The van der Waals surface area contributed by atoms with Gasteiger partial charge in [-0.1, -0.05) is 11.6 Å². The SMILES string of the molecule is COc1ccc(C(=O)c2sc(Nc3ccc(Cl)cc3)c(C(=O)NC3CC3)c2N)cc1. The molecule has 0 atom stereocenters. The number of methoxy groups -OCH3 is 1. The number of hydrogen-bond donors (Lipinski definition) is 3. The van der Waals surface area contributed by atoms with Crippen LogP contribution in [-0.4, -0.2) is 24.8 Å². The number of ketones is 1. The van der Waals surface area contributed by atoms with Gasteiger partial charge in [0, 0.05) is 22.3 Å². The molecule has 3 aromatic rings. The Labute approximate surface area is 183 Å². The van der Waals surface area contributed by atoms with Gasteiger partial charge in [0.15, 0.2) is 0 Å². The zero-order valence-electron chi connectivity index (χ0n) is 16.2. The van der Waals surface area contributed by atoms with E-state index in [9.17, 15) is 9.59 Å². The smallest absolute Gasteiger partial charge is 0.256 e. The summed E-state index contributed by atoms with van der Waals surface area (Å²) < 4.78 is 5.14. The summed E-state index contributed by atoms with van der Waals surface area (Å²) in [6.07, 6.45) is 1.90. The lowest BCUT2D eigenvalue weighted by Gasteiger charge is -2.08. The monoisotopic (exact) mass is 441 g/mol. The maximum absolute atomic E-state index is 13.1. The number of hydrogen-bond acceptors (Lipinski definition) is 6. The minimum atomic E-state index is -0.281. The van der Waals surface area contributed by atoms with E-state index in [1.165, 1.54) is 0 Å². The molecule has 0 saturated heterocycles. The van der Waals surface area contributed by atoms with Crippen LogP contribution in [0.2, 0.25) is 5.02 Å². The lowest BCUT2D eigenvalue weighted by Crippen LogP contribution is -2.26. The van der Waals surface area contributed by atoms with Crippen molar-refractivity contribution in [3.05, 3.63) is 69.6 Å². The largest absolute Gasteiger partial charge is 0.497 e. The van der Waals surface area contributed by atoms with Gasteiger partial charge in [0.2, 0.25) is 5.78 Å². The Hall–Kier alpha value is -3.03. The maximum atomic E-state index is 13.1. The average molecular weight is 442 g/mol. The van der Waals surface area contributed by atoms with Gasteiger partial charge >= 0.3 is 0 Å². The van der Waals surface area contributed by atoms with Crippen LogP contribution < -0.4 is 21.1 Å². The van der Waals surface area contributed by atoms with Gasteiger partial charge in [-0.05, 0) is 61.4 Å². The summed E-state index contributed by atoms with van der Waals surface area (Å²) in [5, 5.41) is 7.28. The first-order valence-electron chi connectivity index (χ1n) is 9.40. The summed E-state index contributed by atoms with van der Waals surface area (Å²) >= 11 is 7.12. The summed E-state index contributed by atoms with van der Waals surface area (Å²) in [6, 6.07) is 14.0. The lowest BCUT2D eigenvalue weighted by atomic mass is 10.1. The highest BCUT2D eigenvalue weighted by Gasteiger charge is 2.30. The Balaban J connectivity index is 1.70. The number of carbonyl (C=O) groups is 2. The highest BCUT2D eigenvalue weighted by Crippen LogP contribution is 2.39. The molecule has 1 aliphatic carbocycles. The third kappa shape index (κ3) is 4.27. The third-order valence-corrected chi connectivity index (χ3v) is 6.12. The number of rotatable bonds is 7. The number of thiophene rings is 1. The molecule has 8 heteroatoms. The summed E-state index contributed by atoms with van der Waals surface area (Å²) in [5.41, 5.74) is 7.99. The first-order valence-corrected chi connectivity index (χ1v) is 10.6. The van der Waals surface area contributed by atoms with E-state index in [1.807, 2.05) is 0 Å². The molecule has 4 N–H and O–H groups in total. The van der Waals surface area contributed by atoms with E-state index >= 15 is 0 Å². The number of nitrogens with two attached hydrogens (primary N) is 1. The molecule has 1 aromatic heterocycles. The third-order valence-electron chi connectivity index (χ3n) is 4.75. The fraction of sp³-hybridized carbons (Fsp3) is 0.182. The van der Waals surface area contributed by atoms with Gasteiger partial charge in [0.05, 0.1) is 18.4 Å². The second-order valence-corrected chi connectivity index (χ2v) is 8.44. The molecular formula is C22H20ClN3O3S. The van der Waals surface area contributed by atoms with E-state index in [0.717, 1.165) is 29.9 Å². The standard InChI is InChI=1S/C22H20ClN3O3S/c1-29-16-10-2-12(3-11-16)19(27)20-18(24)17(21(28)25-14-8-9-14)22(30-20)26-15-6-4-13(23)5-7-15/h2-7,10-11,14,26H,8-9,24H2,1H3,(H,25,28). The van der Waals surface area contributed by atoms with Crippen molar-refractivity contribution in [3.63, 3.8) is 0 Å². The molecule has 2 aromatic carbocycles. The first-order chi connectivity index (χ1) is 14.5. The Kier molecular flexibility index (Phi) is 5.65. The number of halogens is 1. The minimum absolute atomic E-state index is 0.168. The fourth-order valence-electron chi connectivity index (χ4n) is 2.95. The molecule has 0 radical (unpaired) electrons. The van der Waals surface area contributed by atoms with E-state index in [4.69, 9.17) is 22.1 Å². The van der Waals surface area contributed by atoms with Gasteiger partial charge in [-0.2, -0.15) is 0 Å². The Morgan fingerprint density at radius 3 is 2.37 bits per heavy atom. The second kappa shape index (κ2) is 8.38. The normalized spacial score (nSPS) is 13.0. The molecule has 4 rings (SSSR count). The van der Waals surface area contributed by atoms with Crippen LogP contribution in [0.25, 0.3) is 0 Å².